The highest BCUT2D eigenvalue weighted by atomic mass is 79.9. The molecule has 0 bridgehead atoms. The van der Waals surface area contributed by atoms with Gasteiger partial charge in [0.2, 0.25) is 0 Å². The van der Waals surface area contributed by atoms with Crippen molar-refractivity contribution in [1.29, 1.82) is 0 Å². The van der Waals surface area contributed by atoms with Crippen LogP contribution in [-0.2, 0) is 14.3 Å². The molecule has 1 aromatic carbocycles. The predicted molar refractivity (Wildman–Crippen MR) is 88.1 cm³/mol. The molecule has 0 aliphatic carbocycles. The first kappa shape index (κ1) is 18.8. The Morgan fingerprint density at radius 3 is 2.73 bits per heavy atom. The molecule has 1 amide bonds. The fraction of sp³-hybridized carbons (Fsp3) is 0.467. The largest absolute Gasteiger partial charge is 0.480 e. The van der Waals surface area contributed by atoms with Crippen LogP contribution in [0.5, 0.6) is 5.75 Å². The number of carbonyl (C=O) groups excluding carboxylic acids is 2. The number of hydrogen-bond acceptors (Lipinski definition) is 4. The summed E-state index contributed by atoms with van der Waals surface area (Å²) >= 11 is 9.22. The van der Waals surface area contributed by atoms with Crippen LogP contribution < -0.4 is 10.1 Å². The van der Waals surface area contributed by atoms with Crippen molar-refractivity contribution in [1.82, 2.24) is 5.32 Å². The lowest BCUT2D eigenvalue weighted by atomic mass is 10.2. The lowest BCUT2D eigenvalue weighted by Crippen LogP contribution is -2.30. The SMILES string of the molecule is CCCCCNC(=O)COC(=O)COc1ccc(Br)cc1Cl. The molecule has 0 aromatic heterocycles. The minimum atomic E-state index is -0.623. The van der Waals surface area contributed by atoms with Crippen LogP contribution in [0.3, 0.4) is 0 Å². The molecule has 0 aliphatic rings. The molecule has 0 unspecified atom stereocenters. The van der Waals surface area contributed by atoms with E-state index in [2.05, 4.69) is 28.2 Å². The molecule has 1 aromatic rings. The van der Waals surface area contributed by atoms with Gasteiger partial charge in [0, 0.05) is 11.0 Å². The Labute approximate surface area is 143 Å². The summed E-state index contributed by atoms with van der Waals surface area (Å²) in [6, 6.07) is 5.04. The zero-order valence-corrected chi connectivity index (χ0v) is 14.7. The molecular formula is C15H19BrClNO4. The van der Waals surface area contributed by atoms with Crippen LogP contribution in [0.25, 0.3) is 0 Å². The van der Waals surface area contributed by atoms with Gasteiger partial charge >= 0.3 is 5.97 Å². The molecule has 5 nitrogen and oxygen atoms in total. The Morgan fingerprint density at radius 2 is 2.05 bits per heavy atom. The van der Waals surface area contributed by atoms with Crippen LogP contribution in [0.15, 0.2) is 22.7 Å². The van der Waals surface area contributed by atoms with Gasteiger partial charge in [-0.1, -0.05) is 47.3 Å². The average Bonchev–Trinajstić information content (AvgIpc) is 2.48. The molecule has 0 spiro atoms. The van der Waals surface area contributed by atoms with Crippen LogP contribution in [0.2, 0.25) is 5.02 Å². The number of benzene rings is 1. The molecule has 0 heterocycles. The third-order valence-electron chi connectivity index (χ3n) is 2.71. The smallest absolute Gasteiger partial charge is 0.344 e. The van der Waals surface area contributed by atoms with Crippen LogP contribution in [-0.4, -0.2) is 31.6 Å². The van der Waals surface area contributed by atoms with Crippen molar-refractivity contribution in [2.45, 2.75) is 26.2 Å². The topological polar surface area (TPSA) is 64.6 Å². The molecule has 7 heteroatoms. The van der Waals surface area contributed by atoms with Crippen LogP contribution >= 0.6 is 27.5 Å². The van der Waals surface area contributed by atoms with E-state index in [0.717, 1.165) is 23.7 Å². The number of nitrogens with one attached hydrogen (secondary N) is 1. The van der Waals surface area contributed by atoms with Crippen LogP contribution in [0.1, 0.15) is 26.2 Å². The summed E-state index contributed by atoms with van der Waals surface area (Å²) in [7, 11) is 0. The Morgan fingerprint density at radius 1 is 1.27 bits per heavy atom. The molecule has 0 atom stereocenters. The van der Waals surface area contributed by atoms with Gasteiger partial charge in [-0.2, -0.15) is 0 Å². The monoisotopic (exact) mass is 391 g/mol. The molecule has 22 heavy (non-hydrogen) atoms. The first-order valence-corrected chi connectivity index (χ1v) is 8.20. The highest BCUT2D eigenvalue weighted by Crippen LogP contribution is 2.27. The van der Waals surface area contributed by atoms with E-state index in [4.69, 9.17) is 21.1 Å². The van der Waals surface area contributed by atoms with E-state index in [1.807, 2.05) is 0 Å². The van der Waals surface area contributed by atoms with Gasteiger partial charge in [0.15, 0.2) is 13.2 Å². The molecule has 1 rings (SSSR count). The van der Waals surface area contributed by atoms with Crippen molar-refractivity contribution in [2.24, 2.45) is 0 Å². The maximum absolute atomic E-state index is 11.5. The van der Waals surface area contributed by atoms with E-state index >= 15 is 0 Å². The third kappa shape index (κ3) is 7.66. The summed E-state index contributed by atoms with van der Waals surface area (Å²) in [6.07, 6.45) is 3.06. The minimum Gasteiger partial charge on any atom is -0.480 e. The number of hydrogen-bond donors (Lipinski definition) is 1. The van der Waals surface area contributed by atoms with Gasteiger partial charge in [-0.25, -0.2) is 4.79 Å². The number of rotatable bonds is 9. The summed E-state index contributed by atoms with van der Waals surface area (Å²) in [5, 5.41) is 3.06. The summed E-state index contributed by atoms with van der Waals surface area (Å²) < 4.78 is 10.9. The lowest BCUT2D eigenvalue weighted by molar-refractivity contribution is -0.150. The van der Waals surface area contributed by atoms with Crippen molar-refractivity contribution in [3.8, 4) is 5.75 Å². The molecule has 0 fully saturated rings. The average molecular weight is 393 g/mol. The van der Waals surface area contributed by atoms with Gasteiger partial charge in [-0.05, 0) is 24.6 Å². The molecule has 0 radical (unpaired) electrons. The standard InChI is InChI=1S/C15H19BrClNO4/c1-2-3-4-7-18-14(19)9-22-15(20)10-21-13-6-5-11(16)8-12(13)17/h5-6,8H,2-4,7,9-10H2,1H3,(H,18,19). The fourth-order valence-electron chi connectivity index (χ4n) is 1.57. The molecule has 122 valence electrons. The van der Waals surface area contributed by atoms with Gasteiger partial charge in [-0.3, -0.25) is 4.79 Å². The molecule has 0 saturated carbocycles. The van der Waals surface area contributed by atoms with E-state index in [1.54, 1.807) is 18.2 Å². The Kier molecular flexibility index (Phi) is 8.92. The molecular weight excluding hydrogens is 374 g/mol. The van der Waals surface area contributed by atoms with Gasteiger partial charge in [0.25, 0.3) is 5.91 Å². The first-order valence-electron chi connectivity index (χ1n) is 7.03. The number of unbranched alkanes of at least 4 members (excludes halogenated alkanes) is 2. The highest BCUT2D eigenvalue weighted by molar-refractivity contribution is 9.10. The summed E-state index contributed by atoms with van der Waals surface area (Å²) in [4.78, 5) is 22.9. The molecule has 0 saturated heterocycles. The summed E-state index contributed by atoms with van der Waals surface area (Å²) in [5.74, 6) is -0.556. The van der Waals surface area contributed by atoms with Crippen LogP contribution in [0, 0.1) is 0 Å². The van der Waals surface area contributed by atoms with E-state index in [1.165, 1.54) is 0 Å². The van der Waals surface area contributed by atoms with E-state index in [9.17, 15) is 9.59 Å². The number of amides is 1. The van der Waals surface area contributed by atoms with Crippen molar-refractivity contribution in [2.75, 3.05) is 19.8 Å². The maximum atomic E-state index is 11.5. The zero-order chi connectivity index (χ0) is 16.4. The maximum Gasteiger partial charge on any atom is 0.344 e. The second-order valence-electron chi connectivity index (χ2n) is 4.58. The third-order valence-corrected chi connectivity index (χ3v) is 3.49. The number of carbonyl (C=O) groups is 2. The van der Waals surface area contributed by atoms with Crippen molar-refractivity contribution < 1.29 is 19.1 Å². The van der Waals surface area contributed by atoms with Crippen LogP contribution in [0.4, 0.5) is 0 Å². The Bertz CT molecular complexity index is 510. The van der Waals surface area contributed by atoms with Gasteiger partial charge in [-0.15, -0.1) is 0 Å². The second-order valence-corrected chi connectivity index (χ2v) is 5.90. The number of halogens is 2. The van der Waals surface area contributed by atoms with Gasteiger partial charge < -0.3 is 14.8 Å². The van der Waals surface area contributed by atoms with E-state index in [-0.39, 0.29) is 19.1 Å². The van der Waals surface area contributed by atoms with E-state index in [0.29, 0.717) is 17.3 Å². The number of esters is 1. The molecule has 1 N–H and O–H groups in total. The highest BCUT2D eigenvalue weighted by Gasteiger charge is 2.09. The Hall–Kier alpha value is -1.27. The summed E-state index contributed by atoms with van der Waals surface area (Å²) in [6.45, 7) is 2.07. The normalized spacial score (nSPS) is 10.1. The fourth-order valence-corrected chi connectivity index (χ4v) is 2.30. The summed E-state index contributed by atoms with van der Waals surface area (Å²) in [5.41, 5.74) is 0. The quantitative estimate of drug-likeness (QED) is 0.517. The van der Waals surface area contributed by atoms with Gasteiger partial charge in [0.05, 0.1) is 5.02 Å². The molecule has 0 aliphatic heterocycles. The van der Waals surface area contributed by atoms with Crippen molar-refractivity contribution in [3.05, 3.63) is 27.7 Å². The lowest BCUT2D eigenvalue weighted by Gasteiger charge is -2.09. The second kappa shape index (κ2) is 10.5. The predicted octanol–water partition coefficient (Wildman–Crippen LogP) is 3.33. The first-order chi connectivity index (χ1) is 10.5. The van der Waals surface area contributed by atoms with Crippen molar-refractivity contribution in [3.63, 3.8) is 0 Å². The van der Waals surface area contributed by atoms with Crippen molar-refractivity contribution >= 4 is 39.4 Å². The van der Waals surface area contributed by atoms with Gasteiger partial charge in [0.1, 0.15) is 5.75 Å². The zero-order valence-electron chi connectivity index (χ0n) is 12.4. The number of ether oxygens (including phenoxy) is 2. The van der Waals surface area contributed by atoms with E-state index < -0.39 is 5.97 Å². The minimum absolute atomic E-state index is 0.301. The Balaban J connectivity index is 2.22.